The summed E-state index contributed by atoms with van der Waals surface area (Å²) >= 11 is 1.95. The second kappa shape index (κ2) is 4.99. The zero-order chi connectivity index (χ0) is 18.3. The van der Waals surface area contributed by atoms with E-state index in [0.29, 0.717) is 0 Å². The SMILES string of the molecule is Cc1cccc2c1C1(c3ccccc3-c3ccccc31)c1c(C)sc(C)c1-2. The quantitative estimate of drug-likeness (QED) is 0.272. The third kappa shape index (κ3) is 1.61. The van der Waals surface area contributed by atoms with Gasteiger partial charge in [0.25, 0.3) is 0 Å². The molecular weight excluding hydrogens is 344 g/mol. The van der Waals surface area contributed by atoms with Crippen LogP contribution in [0.3, 0.4) is 0 Å². The maximum absolute atomic E-state index is 2.35. The normalized spacial score (nSPS) is 14.8. The Kier molecular flexibility index (Phi) is 2.85. The number of aryl methyl sites for hydroxylation is 3. The number of hydrogen-bond acceptors (Lipinski definition) is 1. The minimum atomic E-state index is -0.169. The zero-order valence-corrected chi connectivity index (χ0v) is 16.6. The lowest BCUT2D eigenvalue weighted by molar-refractivity contribution is 0.784. The van der Waals surface area contributed by atoms with Crippen molar-refractivity contribution in [2.45, 2.75) is 26.2 Å². The first kappa shape index (κ1) is 15.4. The van der Waals surface area contributed by atoms with E-state index in [-0.39, 0.29) is 5.41 Å². The van der Waals surface area contributed by atoms with Crippen LogP contribution in [0.2, 0.25) is 0 Å². The molecule has 3 aromatic carbocycles. The highest BCUT2D eigenvalue weighted by atomic mass is 32.1. The predicted molar refractivity (Wildman–Crippen MR) is 115 cm³/mol. The van der Waals surface area contributed by atoms with Gasteiger partial charge in [0.2, 0.25) is 0 Å². The van der Waals surface area contributed by atoms with E-state index in [4.69, 9.17) is 0 Å². The Morgan fingerprint density at radius 3 is 1.85 bits per heavy atom. The molecule has 0 nitrogen and oxygen atoms in total. The number of benzene rings is 3. The van der Waals surface area contributed by atoms with E-state index in [2.05, 4.69) is 87.5 Å². The van der Waals surface area contributed by atoms with Crippen LogP contribution in [0, 0.1) is 20.8 Å². The summed E-state index contributed by atoms with van der Waals surface area (Å²) in [6.07, 6.45) is 0. The summed E-state index contributed by atoms with van der Waals surface area (Å²) in [5.74, 6) is 0. The number of fused-ring (bicyclic) bond motifs is 10. The van der Waals surface area contributed by atoms with E-state index in [0.717, 1.165) is 0 Å². The van der Waals surface area contributed by atoms with Crippen LogP contribution in [0.4, 0.5) is 0 Å². The van der Waals surface area contributed by atoms with Gasteiger partial charge in [-0.2, -0.15) is 0 Å². The number of rotatable bonds is 0. The lowest BCUT2D eigenvalue weighted by Crippen LogP contribution is -2.27. The fraction of sp³-hybridized carbons (Fsp3) is 0.154. The molecule has 4 aromatic rings. The molecule has 27 heavy (non-hydrogen) atoms. The van der Waals surface area contributed by atoms with Gasteiger partial charge < -0.3 is 0 Å². The van der Waals surface area contributed by atoms with E-state index < -0.39 is 0 Å². The lowest BCUT2D eigenvalue weighted by atomic mass is 9.69. The van der Waals surface area contributed by atoms with Crippen molar-refractivity contribution in [2.75, 3.05) is 0 Å². The highest BCUT2D eigenvalue weighted by molar-refractivity contribution is 7.12. The van der Waals surface area contributed by atoms with Crippen LogP contribution in [-0.2, 0) is 5.41 Å². The largest absolute Gasteiger partial charge is 0.145 e. The number of hydrogen-bond donors (Lipinski definition) is 0. The van der Waals surface area contributed by atoms with E-state index in [1.54, 1.807) is 0 Å². The third-order valence-electron chi connectivity index (χ3n) is 6.50. The minimum absolute atomic E-state index is 0.169. The Balaban J connectivity index is 1.92. The van der Waals surface area contributed by atoms with Crippen LogP contribution < -0.4 is 0 Å². The molecule has 2 aliphatic carbocycles. The molecule has 0 bridgehead atoms. The molecule has 0 amide bonds. The highest BCUT2D eigenvalue weighted by Crippen LogP contribution is 2.65. The zero-order valence-electron chi connectivity index (χ0n) is 15.8. The first-order valence-corrected chi connectivity index (χ1v) is 10.4. The van der Waals surface area contributed by atoms with E-state index in [1.165, 1.54) is 59.8 Å². The molecule has 1 heterocycles. The van der Waals surface area contributed by atoms with Gasteiger partial charge in [-0.25, -0.2) is 0 Å². The van der Waals surface area contributed by atoms with Crippen molar-refractivity contribution in [3.8, 4) is 22.3 Å². The summed E-state index contributed by atoms with van der Waals surface area (Å²) in [4.78, 5) is 2.89. The van der Waals surface area contributed by atoms with Crippen LogP contribution in [-0.4, -0.2) is 0 Å². The van der Waals surface area contributed by atoms with Crippen LogP contribution >= 0.6 is 11.3 Å². The Labute approximate surface area is 164 Å². The molecule has 0 saturated carbocycles. The summed E-state index contributed by atoms with van der Waals surface area (Å²) in [5.41, 5.74) is 12.8. The van der Waals surface area contributed by atoms with Crippen LogP contribution in [0.25, 0.3) is 22.3 Å². The summed E-state index contributed by atoms with van der Waals surface area (Å²) in [7, 11) is 0. The summed E-state index contributed by atoms with van der Waals surface area (Å²) < 4.78 is 0. The Morgan fingerprint density at radius 2 is 1.19 bits per heavy atom. The molecule has 2 aliphatic rings. The fourth-order valence-corrected chi connectivity index (χ4v) is 6.86. The van der Waals surface area contributed by atoms with Crippen molar-refractivity contribution >= 4 is 11.3 Å². The van der Waals surface area contributed by atoms with Crippen LogP contribution in [0.5, 0.6) is 0 Å². The van der Waals surface area contributed by atoms with E-state index >= 15 is 0 Å². The highest BCUT2D eigenvalue weighted by Gasteiger charge is 2.53. The molecule has 0 saturated heterocycles. The molecule has 6 rings (SSSR count). The second-order valence-electron chi connectivity index (χ2n) is 7.80. The Morgan fingerprint density at radius 1 is 0.593 bits per heavy atom. The van der Waals surface area contributed by atoms with Crippen LogP contribution in [0.1, 0.15) is 37.6 Å². The summed E-state index contributed by atoms with van der Waals surface area (Å²) in [5, 5.41) is 0. The molecule has 0 fully saturated rings. The van der Waals surface area contributed by atoms with E-state index in [9.17, 15) is 0 Å². The van der Waals surface area contributed by atoms with Gasteiger partial charge in [-0.3, -0.25) is 0 Å². The van der Waals surface area contributed by atoms with Gasteiger partial charge >= 0.3 is 0 Å². The maximum Gasteiger partial charge on any atom is 0.0738 e. The van der Waals surface area contributed by atoms with Crippen molar-refractivity contribution in [2.24, 2.45) is 0 Å². The van der Waals surface area contributed by atoms with E-state index in [1.807, 2.05) is 11.3 Å². The fourth-order valence-electron chi connectivity index (χ4n) is 5.73. The first-order valence-electron chi connectivity index (χ1n) is 9.56. The molecule has 1 aromatic heterocycles. The van der Waals surface area contributed by atoms with Gasteiger partial charge in [-0.15, -0.1) is 11.3 Å². The van der Waals surface area contributed by atoms with Crippen LogP contribution in [0.15, 0.2) is 66.7 Å². The van der Waals surface area contributed by atoms with Gasteiger partial charge in [-0.05, 0) is 65.3 Å². The van der Waals surface area contributed by atoms with Crippen molar-refractivity contribution in [1.82, 2.24) is 0 Å². The van der Waals surface area contributed by atoms with Gasteiger partial charge in [0.05, 0.1) is 5.41 Å². The number of thiophene rings is 1. The molecular formula is C26H20S. The molecule has 0 atom stereocenters. The molecule has 1 heteroatoms. The van der Waals surface area contributed by atoms with Gasteiger partial charge in [-0.1, -0.05) is 66.7 Å². The van der Waals surface area contributed by atoms with Crippen molar-refractivity contribution in [1.29, 1.82) is 0 Å². The average Bonchev–Trinajstić information content (AvgIpc) is 3.27. The monoisotopic (exact) mass is 364 g/mol. The predicted octanol–water partition coefficient (Wildman–Crippen LogP) is 7.02. The lowest BCUT2D eigenvalue weighted by Gasteiger charge is -2.31. The minimum Gasteiger partial charge on any atom is -0.145 e. The topological polar surface area (TPSA) is 0 Å². The maximum atomic E-state index is 2.35. The summed E-state index contributed by atoms with van der Waals surface area (Å²) in [6, 6.07) is 24.9. The smallest absolute Gasteiger partial charge is 0.0738 e. The Hall–Kier alpha value is -2.64. The van der Waals surface area contributed by atoms with Gasteiger partial charge in [0, 0.05) is 15.3 Å². The molecule has 0 N–H and O–H groups in total. The van der Waals surface area contributed by atoms with Crippen molar-refractivity contribution < 1.29 is 0 Å². The standard InChI is InChI=1S/C26H20S/c1-15-9-8-12-20-23-16(2)27-17(3)25(23)26(24(15)20)21-13-6-4-10-18(21)19-11-5-7-14-22(19)26/h4-14H,1-3H3. The van der Waals surface area contributed by atoms with Gasteiger partial charge in [0.15, 0.2) is 0 Å². The first-order chi connectivity index (χ1) is 13.2. The second-order valence-corrected chi connectivity index (χ2v) is 9.23. The summed E-state index contributed by atoms with van der Waals surface area (Å²) in [6.45, 7) is 6.88. The molecule has 0 aliphatic heterocycles. The average molecular weight is 365 g/mol. The third-order valence-corrected chi connectivity index (χ3v) is 7.53. The molecule has 0 radical (unpaired) electrons. The van der Waals surface area contributed by atoms with Crippen molar-refractivity contribution in [3.05, 3.63) is 104 Å². The molecule has 1 spiro atoms. The van der Waals surface area contributed by atoms with Gasteiger partial charge in [0.1, 0.15) is 0 Å². The molecule has 0 unspecified atom stereocenters. The van der Waals surface area contributed by atoms with Crippen molar-refractivity contribution in [3.63, 3.8) is 0 Å². The molecule has 130 valence electrons. The Bertz CT molecular complexity index is 1210.